The van der Waals surface area contributed by atoms with Crippen molar-refractivity contribution < 1.29 is 9.90 Å². The molecule has 0 aromatic heterocycles. The first-order valence-electron chi connectivity index (χ1n) is 6.79. The van der Waals surface area contributed by atoms with Gasteiger partial charge in [-0.2, -0.15) is 0 Å². The van der Waals surface area contributed by atoms with Crippen molar-refractivity contribution in [1.82, 2.24) is 5.32 Å². The number of aliphatic hydroxyl groups excluding tert-OH is 1. The molecule has 1 fully saturated rings. The average Bonchev–Trinajstić information content (AvgIpc) is 2.37. The standard InChI is InChI=1S/C15H23N3O2/c1-15(2)12(8-13(15)19)17-14(20)9-5-6-11(18(3)4)10(16)7-9/h5-7,12-13,19H,8,16H2,1-4H3,(H,17,20). The first-order chi connectivity index (χ1) is 9.23. The number of amides is 1. The van der Waals surface area contributed by atoms with Crippen LogP contribution in [0.15, 0.2) is 18.2 Å². The zero-order valence-electron chi connectivity index (χ0n) is 12.5. The van der Waals surface area contributed by atoms with E-state index in [0.29, 0.717) is 17.7 Å². The monoisotopic (exact) mass is 277 g/mol. The zero-order valence-corrected chi connectivity index (χ0v) is 12.5. The normalized spacial score (nSPS) is 23.9. The number of carbonyl (C=O) groups excluding carboxylic acids is 1. The number of rotatable bonds is 3. The van der Waals surface area contributed by atoms with Gasteiger partial charge >= 0.3 is 0 Å². The van der Waals surface area contributed by atoms with Gasteiger partial charge in [-0.3, -0.25) is 4.79 Å². The summed E-state index contributed by atoms with van der Waals surface area (Å²) < 4.78 is 0. The van der Waals surface area contributed by atoms with Gasteiger partial charge in [0.05, 0.1) is 17.5 Å². The molecule has 5 nitrogen and oxygen atoms in total. The molecule has 0 spiro atoms. The van der Waals surface area contributed by atoms with Crippen LogP contribution in [-0.4, -0.2) is 37.3 Å². The number of hydrogen-bond donors (Lipinski definition) is 3. The Bertz CT molecular complexity index is 526. The second-order valence-corrected chi connectivity index (χ2v) is 6.27. The van der Waals surface area contributed by atoms with Crippen molar-refractivity contribution in [2.24, 2.45) is 5.41 Å². The number of aliphatic hydroxyl groups is 1. The van der Waals surface area contributed by atoms with Crippen molar-refractivity contribution in [3.05, 3.63) is 23.8 Å². The largest absolute Gasteiger partial charge is 0.397 e. The Kier molecular flexibility index (Phi) is 3.65. The predicted octanol–water partition coefficient (Wildman–Crippen LogP) is 1.22. The molecule has 1 aromatic carbocycles. The highest BCUT2D eigenvalue weighted by Gasteiger charge is 2.47. The molecule has 2 unspecified atom stereocenters. The molecular weight excluding hydrogens is 254 g/mol. The summed E-state index contributed by atoms with van der Waals surface area (Å²) in [5.74, 6) is -0.146. The van der Waals surface area contributed by atoms with Gasteiger partial charge in [-0.1, -0.05) is 13.8 Å². The lowest BCUT2D eigenvalue weighted by Gasteiger charge is -2.49. The topological polar surface area (TPSA) is 78.6 Å². The van der Waals surface area contributed by atoms with Gasteiger partial charge in [0.1, 0.15) is 0 Å². The number of carbonyl (C=O) groups is 1. The molecule has 1 amide bonds. The highest BCUT2D eigenvalue weighted by molar-refractivity contribution is 5.96. The van der Waals surface area contributed by atoms with E-state index in [1.807, 2.05) is 38.9 Å². The molecule has 4 N–H and O–H groups in total. The second-order valence-electron chi connectivity index (χ2n) is 6.27. The number of hydrogen-bond acceptors (Lipinski definition) is 4. The summed E-state index contributed by atoms with van der Waals surface area (Å²) in [5, 5.41) is 12.7. The lowest BCUT2D eigenvalue weighted by molar-refractivity contribution is -0.0689. The first kappa shape index (κ1) is 14.7. The second kappa shape index (κ2) is 4.98. The van der Waals surface area contributed by atoms with E-state index in [1.165, 1.54) is 0 Å². The Morgan fingerprint density at radius 2 is 2.10 bits per heavy atom. The fourth-order valence-corrected chi connectivity index (χ4v) is 2.49. The van der Waals surface area contributed by atoms with Crippen LogP contribution in [0.3, 0.4) is 0 Å². The molecule has 0 bridgehead atoms. The quantitative estimate of drug-likeness (QED) is 0.726. The zero-order chi connectivity index (χ0) is 15.1. The summed E-state index contributed by atoms with van der Waals surface area (Å²) in [7, 11) is 3.81. The Labute approximate surface area is 119 Å². The first-order valence-corrected chi connectivity index (χ1v) is 6.79. The van der Waals surface area contributed by atoms with Gasteiger partial charge in [-0.25, -0.2) is 0 Å². The Balaban J connectivity index is 2.09. The number of nitrogens with one attached hydrogen (secondary N) is 1. The molecule has 110 valence electrons. The van der Waals surface area contributed by atoms with Crippen LogP contribution in [0.25, 0.3) is 0 Å². The van der Waals surface area contributed by atoms with Gasteiger partial charge in [0.25, 0.3) is 5.91 Å². The molecule has 0 heterocycles. The lowest BCUT2D eigenvalue weighted by Crippen LogP contribution is -2.61. The van der Waals surface area contributed by atoms with E-state index in [0.717, 1.165) is 5.69 Å². The summed E-state index contributed by atoms with van der Waals surface area (Å²) in [6.07, 6.45) is 0.248. The van der Waals surface area contributed by atoms with E-state index >= 15 is 0 Å². The van der Waals surface area contributed by atoms with E-state index < -0.39 is 0 Å². The van der Waals surface area contributed by atoms with E-state index in [-0.39, 0.29) is 23.5 Å². The summed E-state index contributed by atoms with van der Waals surface area (Å²) >= 11 is 0. The van der Waals surface area contributed by atoms with Gasteiger partial charge in [-0.15, -0.1) is 0 Å². The van der Waals surface area contributed by atoms with Crippen molar-refractivity contribution in [2.45, 2.75) is 32.4 Å². The number of nitrogens with two attached hydrogens (primary N) is 1. The van der Waals surface area contributed by atoms with E-state index in [9.17, 15) is 9.90 Å². The van der Waals surface area contributed by atoms with Crippen molar-refractivity contribution in [1.29, 1.82) is 0 Å². The Hall–Kier alpha value is -1.75. The third-order valence-corrected chi connectivity index (χ3v) is 4.29. The molecule has 0 radical (unpaired) electrons. The smallest absolute Gasteiger partial charge is 0.251 e. The number of anilines is 2. The molecule has 2 atom stereocenters. The van der Waals surface area contributed by atoms with Crippen LogP contribution in [-0.2, 0) is 0 Å². The van der Waals surface area contributed by atoms with Crippen LogP contribution in [0, 0.1) is 5.41 Å². The predicted molar refractivity (Wildman–Crippen MR) is 80.8 cm³/mol. The summed E-state index contributed by atoms with van der Waals surface area (Å²) in [4.78, 5) is 14.1. The van der Waals surface area contributed by atoms with Crippen LogP contribution in [0.5, 0.6) is 0 Å². The SMILES string of the molecule is CN(C)c1ccc(C(=O)NC2CC(O)C2(C)C)cc1N. The molecule has 1 saturated carbocycles. The fourth-order valence-electron chi connectivity index (χ4n) is 2.49. The van der Waals surface area contributed by atoms with Crippen molar-refractivity contribution in [3.8, 4) is 0 Å². The van der Waals surface area contributed by atoms with Crippen molar-refractivity contribution in [3.63, 3.8) is 0 Å². The summed E-state index contributed by atoms with van der Waals surface area (Å²) in [5.41, 5.74) is 7.69. The van der Waals surface area contributed by atoms with E-state index in [4.69, 9.17) is 5.73 Å². The molecule has 2 rings (SSSR count). The minimum Gasteiger partial charge on any atom is -0.397 e. The molecule has 1 aliphatic carbocycles. The van der Waals surface area contributed by atoms with Gasteiger partial charge in [0.2, 0.25) is 0 Å². The van der Waals surface area contributed by atoms with Gasteiger partial charge in [0, 0.05) is 31.1 Å². The molecule has 1 aliphatic rings. The van der Waals surface area contributed by atoms with Crippen LogP contribution < -0.4 is 16.0 Å². The molecular formula is C15H23N3O2. The highest BCUT2D eigenvalue weighted by Crippen LogP contribution is 2.40. The lowest BCUT2D eigenvalue weighted by atomic mass is 9.64. The number of nitrogen functional groups attached to an aromatic ring is 1. The van der Waals surface area contributed by atoms with E-state index in [2.05, 4.69) is 5.32 Å². The third-order valence-electron chi connectivity index (χ3n) is 4.29. The van der Waals surface area contributed by atoms with Crippen molar-refractivity contribution in [2.75, 3.05) is 24.7 Å². The summed E-state index contributed by atoms with van der Waals surface area (Å²) in [6.45, 7) is 3.91. The number of benzene rings is 1. The Morgan fingerprint density at radius 1 is 1.45 bits per heavy atom. The summed E-state index contributed by atoms with van der Waals surface area (Å²) in [6, 6.07) is 5.29. The number of nitrogens with zero attached hydrogens (tertiary/aromatic N) is 1. The van der Waals surface area contributed by atoms with Crippen molar-refractivity contribution >= 4 is 17.3 Å². The van der Waals surface area contributed by atoms with Gasteiger partial charge in [0.15, 0.2) is 0 Å². The van der Waals surface area contributed by atoms with Crippen LogP contribution in [0.2, 0.25) is 0 Å². The molecule has 5 heteroatoms. The van der Waals surface area contributed by atoms with Crippen LogP contribution in [0.1, 0.15) is 30.6 Å². The maximum absolute atomic E-state index is 12.2. The highest BCUT2D eigenvalue weighted by atomic mass is 16.3. The Morgan fingerprint density at radius 3 is 2.55 bits per heavy atom. The average molecular weight is 277 g/mol. The maximum Gasteiger partial charge on any atom is 0.251 e. The van der Waals surface area contributed by atoms with E-state index in [1.54, 1.807) is 12.1 Å². The minimum atomic E-state index is -0.353. The fraction of sp³-hybridized carbons (Fsp3) is 0.533. The molecule has 0 aliphatic heterocycles. The van der Waals surface area contributed by atoms with Gasteiger partial charge < -0.3 is 21.1 Å². The molecule has 0 saturated heterocycles. The minimum absolute atomic E-state index is 0.000232. The van der Waals surface area contributed by atoms with Gasteiger partial charge in [-0.05, 0) is 24.6 Å². The molecule has 20 heavy (non-hydrogen) atoms. The van der Waals surface area contributed by atoms with Crippen LogP contribution >= 0.6 is 0 Å². The molecule has 1 aromatic rings. The maximum atomic E-state index is 12.2. The van der Waals surface area contributed by atoms with Crippen LogP contribution in [0.4, 0.5) is 11.4 Å². The third kappa shape index (κ3) is 2.45.